The van der Waals surface area contributed by atoms with Gasteiger partial charge in [-0.15, -0.1) is 22.8 Å². The Hall–Kier alpha value is -1.98. The first-order valence-electron chi connectivity index (χ1n) is 9.73. The summed E-state index contributed by atoms with van der Waals surface area (Å²) in [5, 5.41) is 10.2. The Kier molecular flexibility index (Phi) is 7.24. The molecule has 156 valence electrons. The molecule has 0 saturated heterocycles. The summed E-state index contributed by atoms with van der Waals surface area (Å²) in [6.45, 7) is 4.07. The molecule has 0 spiro atoms. The molecule has 1 aromatic heterocycles. The van der Waals surface area contributed by atoms with E-state index in [2.05, 4.69) is 59.2 Å². The summed E-state index contributed by atoms with van der Waals surface area (Å²) in [6.07, 6.45) is 0. The molecule has 0 fully saturated rings. The minimum Gasteiger partial charge on any atom is -0.288 e. The Morgan fingerprint density at radius 3 is 1.97 bits per heavy atom. The number of hydrogen-bond acceptors (Lipinski definition) is 6. The number of carbonyl (C=O) groups is 1. The van der Waals surface area contributed by atoms with Crippen molar-refractivity contribution in [2.75, 3.05) is 0 Å². The van der Waals surface area contributed by atoms with Crippen LogP contribution in [0.4, 0.5) is 0 Å². The van der Waals surface area contributed by atoms with Gasteiger partial charge in [0.2, 0.25) is 0 Å². The molecule has 1 heterocycles. The normalized spacial score (nSPS) is 11.1. The lowest BCUT2D eigenvalue weighted by Gasteiger charge is -2.20. The number of rotatable bonds is 7. The predicted molar refractivity (Wildman–Crippen MR) is 136 cm³/mol. The van der Waals surface area contributed by atoms with Crippen LogP contribution in [0.1, 0.15) is 27.0 Å². The summed E-state index contributed by atoms with van der Waals surface area (Å²) >= 11 is 7.35. The van der Waals surface area contributed by atoms with Gasteiger partial charge in [-0.2, -0.15) is 0 Å². The molecule has 0 aliphatic heterocycles. The predicted octanol–water partition coefficient (Wildman–Crippen LogP) is 6.01. The topological polar surface area (TPSA) is 42.9 Å². The van der Waals surface area contributed by atoms with Gasteiger partial charge in [-0.05, 0) is 41.1 Å². The molecular weight excluding hydrogens is 459 g/mol. The van der Waals surface area contributed by atoms with Crippen molar-refractivity contribution in [2.24, 2.45) is 0 Å². The highest BCUT2D eigenvalue weighted by molar-refractivity contribution is 8.00. The SMILES string of the molecule is Cc1cc(CSc2nnc(S)s2)cc(C)c1C(=O)P(c1ccccc1)c1ccccc1. The minimum absolute atomic E-state index is 0.199. The fourth-order valence-corrected chi connectivity index (χ4v) is 7.83. The molecule has 3 aromatic carbocycles. The number of thiol groups is 1. The van der Waals surface area contributed by atoms with Crippen LogP contribution in [-0.2, 0) is 5.75 Å². The summed E-state index contributed by atoms with van der Waals surface area (Å²) in [5.74, 6) is 0.782. The number of carbonyl (C=O) groups excluding carboxylic acids is 1. The zero-order chi connectivity index (χ0) is 21.8. The highest BCUT2D eigenvalue weighted by atomic mass is 32.2. The fourth-order valence-electron chi connectivity index (χ4n) is 3.53. The summed E-state index contributed by atoms with van der Waals surface area (Å²) in [7, 11) is -1.14. The highest BCUT2D eigenvalue weighted by Gasteiger charge is 2.26. The quantitative estimate of drug-likeness (QED) is 0.200. The second-order valence-corrected chi connectivity index (χ2v) is 12.1. The van der Waals surface area contributed by atoms with Gasteiger partial charge < -0.3 is 0 Å². The number of nitrogens with zero attached hydrogens (tertiary/aromatic N) is 2. The van der Waals surface area contributed by atoms with Crippen LogP contribution in [0.2, 0.25) is 0 Å². The first-order chi connectivity index (χ1) is 15.0. The van der Waals surface area contributed by atoms with Crippen LogP contribution in [0, 0.1) is 13.8 Å². The maximum absolute atomic E-state index is 13.9. The van der Waals surface area contributed by atoms with E-state index in [4.69, 9.17) is 0 Å². The standard InChI is InChI=1S/C24H21N2OPS3/c1-16-13-18(15-30-24-26-25-23(29)31-24)14-17(2)21(16)22(27)28(19-9-5-3-6-10-19)20-11-7-4-8-12-20/h3-14H,15H2,1-2H3,(H,25,29). The van der Waals surface area contributed by atoms with E-state index >= 15 is 0 Å². The maximum Gasteiger partial charge on any atom is 0.193 e. The highest BCUT2D eigenvalue weighted by Crippen LogP contribution is 2.40. The van der Waals surface area contributed by atoms with Crippen LogP contribution in [0.25, 0.3) is 0 Å². The van der Waals surface area contributed by atoms with E-state index in [1.807, 2.05) is 50.2 Å². The van der Waals surface area contributed by atoms with Crippen LogP contribution in [-0.4, -0.2) is 15.7 Å². The first kappa shape index (κ1) is 22.2. The number of thioether (sulfide) groups is 1. The molecule has 0 bridgehead atoms. The molecular formula is C24H21N2OPS3. The molecule has 0 unspecified atom stereocenters. The Bertz CT molecular complexity index is 1130. The minimum atomic E-state index is -1.14. The molecule has 4 aromatic rings. The summed E-state index contributed by atoms with van der Waals surface area (Å²) in [6, 6.07) is 24.5. The van der Waals surface area contributed by atoms with Crippen LogP contribution in [0.15, 0.2) is 81.5 Å². The lowest BCUT2D eigenvalue weighted by atomic mass is 10.0. The van der Waals surface area contributed by atoms with Crippen LogP contribution < -0.4 is 10.6 Å². The number of aromatic nitrogens is 2. The summed E-state index contributed by atoms with van der Waals surface area (Å²) in [5.41, 5.74) is 4.25. The monoisotopic (exact) mass is 480 g/mol. The van der Waals surface area contributed by atoms with Crippen molar-refractivity contribution >= 4 is 59.8 Å². The molecule has 7 heteroatoms. The third-order valence-electron chi connectivity index (χ3n) is 4.80. The van der Waals surface area contributed by atoms with Gasteiger partial charge in [-0.25, -0.2) is 0 Å². The van der Waals surface area contributed by atoms with Crippen LogP contribution in [0.3, 0.4) is 0 Å². The molecule has 0 aliphatic rings. The van der Waals surface area contributed by atoms with Crippen LogP contribution in [0.5, 0.6) is 0 Å². The second-order valence-electron chi connectivity index (χ2n) is 7.06. The van der Waals surface area contributed by atoms with Crippen molar-refractivity contribution in [3.8, 4) is 0 Å². The van der Waals surface area contributed by atoms with Gasteiger partial charge in [-0.3, -0.25) is 4.79 Å². The van der Waals surface area contributed by atoms with Crippen molar-refractivity contribution < 1.29 is 4.79 Å². The smallest absolute Gasteiger partial charge is 0.193 e. The van der Waals surface area contributed by atoms with Crippen molar-refractivity contribution in [1.82, 2.24) is 10.2 Å². The zero-order valence-corrected chi connectivity index (χ0v) is 20.6. The van der Waals surface area contributed by atoms with Gasteiger partial charge in [0.1, 0.15) is 0 Å². The molecule has 0 N–H and O–H groups in total. The average Bonchev–Trinajstić information content (AvgIpc) is 3.19. The molecule has 0 saturated carbocycles. The third kappa shape index (κ3) is 5.27. The van der Waals surface area contributed by atoms with Crippen LogP contribution >= 0.6 is 43.6 Å². The average molecular weight is 481 g/mol. The van der Waals surface area contributed by atoms with Gasteiger partial charge >= 0.3 is 0 Å². The number of aryl methyl sites for hydroxylation is 2. The molecule has 0 atom stereocenters. The molecule has 0 radical (unpaired) electrons. The first-order valence-corrected chi connectivity index (χ1v) is 13.3. The second kappa shape index (κ2) is 10.1. The molecule has 3 nitrogen and oxygen atoms in total. The van der Waals surface area contributed by atoms with E-state index in [0.29, 0.717) is 4.34 Å². The zero-order valence-electron chi connectivity index (χ0n) is 17.1. The maximum atomic E-state index is 13.9. The number of hydrogen-bond donors (Lipinski definition) is 1. The lowest BCUT2D eigenvalue weighted by molar-refractivity contribution is 0.108. The number of benzene rings is 3. The Balaban J connectivity index is 1.66. The van der Waals surface area contributed by atoms with Gasteiger partial charge in [0, 0.05) is 19.2 Å². The fraction of sp³-hybridized carbons (Fsp3) is 0.125. The van der Waals surface area contributed by atoms with Gasteiger partial charge in [-0.1, -0.05) is 95.9 Å². The van der Waals surface area contributed by atoms with Crippen molar-refractivity contribution in [2.45, 2.75) is 28.3 Å². The Morgan fingerprint density at radius 2 is 1.48 bits per heavy atom. The molecule has 4 rings (SSSR count). The van der Waals surface area contributed by atoms with E-state index in [9.17, 15) is 4.79 Å². The van der Waals surface area contributed by atoms with E-state index in [0.717, 1.165) is 37.4 Å². The van der Waals surface area contributed by atoms with Crippen molar-refractivity contribution in [3.05, 3.63) is 95.1 Å². The Labute approximate surface area is 197 Å². The van der Waals surface area contributed by atoms with Gasteiger partial charge in [0.25, 0.3) is 0 Å². The van der Waals surface area contributed by atoms with E-state index in [1.54, 1.807) is 11.8 Å². The third-order valence-corrected chi connectivity index (χ3v) is 9.35. The van der Waals surface area contributed by atoms with Crippen molar-refractivity contribution in [3.63, 3.8) is 0 Å². The molecule has 0 aliphatic carbocycles. The lowest BCUT2D eigenvalue weighted by Crippen LogP contribution is -2.19. The van der Waals surface area contributed by atoms with Crippen molar-refractivity contribution in [1.29, 1.82) is 0 Å². The molecule has 31 heavy (non-hydrogen) atoms. The van der Waals surface area contributed by atoms with E-state index in [1.165, 1.54) is 16.9 Å². The summed E-state index contributed by atoms with van der Waals surface area (Å²) in [4.78, 5) is 13.9. The van der Waals surface area contributed by atoms with E-state index in [-0.39, 0.29) is 5.52 Å². The van der Waals surface area contributed by atoms with Gasteiger partial charge in [0.05, 0.1) is 0 Å². The van der Waals surface area contributed by atoms with E-state index < -0.39 is 7.92 Å². The largest absolute Gasteiger partial charge is 0.288 e. The Morgan fingerprint density at radius 1 is 0.935 bits per heavy atom. The molecule has 0 amide bonds. The summed E-state index contributed by atoms with van der Waals surface area (Å²) < 4.78 is 1.57. The van der Waals surface area contributed by atoms with Gasteiger partial charge in [0.15, 0.2) is 14.2 Å².